The Hall–Kier alpha value is -1.15. The normalized spacial score (nSPS) is 11.5. The van der Waals surface area contributed by atoms with Gasteiger partial charge in [0.1, 0.15) is 17.1 Å². The fourth-order valence-corrected chi connectivity index (χ4v) is 1.94. The van der Waals surface area contributed by atoms with Gasteiger partial charge in [-0.2, -0.15) is 13.2 Å². The largest absolute Gasteiger partial charge is 0.438 e. The third-order valence-corrected chi connectivity index (χ3v) is 3.31. The van der Waals surface area contributed by atoms with Crippen LogP contribution in [0.4, 0.5) is 17.6 Å². The van der Waals surface area contributed by atoms with E-state index in [2.05, 4.69) is 36.8 Å². The molecule has 0 bridgehead atoms. The van der Waals surface area contributed by atoms with Gasteiger partial charge in [-0.3, -0.25) is 0 Å². The molecule has 20 heavy (non-hydrogen) atoms. The second-order valence-electron chi connectivity index (χ2n) is 3.68. The predicted octanol–water partition coefficient (Wildman–Crippen LogP) is 5.56. The van der Waals surface area contributed by atoms with Crippen molar-refractivity contribution >= 4 is 31.9 Å². The van der Waals surface area contributed by atoms with Crippen LogP contribution in [0.25, 0.3) is 0 Å². The first-order valence-corrected chi connectivity index (χ1v) is 6.71. The Labute approximate surface area is 128 Å². The van der Waals surface area contributed by atoms with E-state index in [1.165, 1.54) is 18.3 Å². The number of benzene rings is 1. The summed E-state index contributed by atoms with van der Waals surface area (Å²) in [6, 6.07) is 4.47. The summed E-state index contributed by atoms with van der Waals surface area (Å²) in [5, 5.41) is 0. The number of pyridine rings is 1. The Morgan fingerprint density at radius 1 is 1.10 bits per heavy atom. The van der Waals surface area contributed by atoms with Crippen molar-refractivity contribution in [3.63, 3.8) is 0 Å². The highest BCUT2D eigenvalue weighted by molar-refractivity contribution is 9.10. The van der Waals surface area contributed by atoms with Crippen LogP contribution in [-0.2, 0) is 6.18 Å². The van der Waals surface area contributed by atoms with Crippen LogP contribution >= 0.6 is 31.9 Å². The Kier molecular flexibility index (Phi) is 4.33. The first kappa shape index (κ1) is 15.2. The van der Waals surface area contributed by atoms with Crippen molar-refractivity contribution in [1.82, 2.24) is 4.98 Å². The molecule has 0 unspecified atom stereocenters. The van der Waals surface area contributed by atoms with Crippen molar-refractivity contribution in [3.8, 4) is 11.6 Å². The van der Waals surface area contributed by atoms with Crippen molar-refractivity contribution in [1.29, 1.82) is 0 Å². The zero-order valence-electron chi connectivity index (χ0n) is 9.51. The molecule has 0 aliphatic carbocycles. The molecule has 2 rings (SSSR count). The number of rotatable bonds is 2. The van der Waals surface area contributed by atoms with Crippen LogP contribution in [0, 0.1) is 5.82 Å². The average Bonchev–Trinajstić information content (AvgIpc) is 2.35. The van der Waals surface area contributed by atoms with E-state index >= 15 is 0 Å². The van der Waals surface area contributed by atoms with Gasteiger partial charge in [0.15, 0.2) is 0 Å². The topological polar surface area (TPSA) is 22.1 Å². The minimum absolute atomic E-state index is 0.0778. The second-order valence-corrected chi connectivity index (χ2v) is 5.45. The summed E-state index contributed by atoms with van der Waals surface area (Å²) in [6.07, 6.45) is -3.46. The van der Waals surface area contributed by atoms with Crippen LogP contribution in [0.1, 0.15) is 5.56 Å². The summed E-state index contributed by atoms with van der Waals surface area (Å²) in [4.78, 5) is 3.57. The van der Waals surface area contributed by atoms with E-state index in [1.54, 1.807) is 0 Å². The molecule has 0 radical (unpaired) electrons. The molecule has 0 amide bonds. The molecule has 0 atom stereocenters. The van der Waals surface area contributed by atoms with Crippen molar-refractivity contribution in [3.05, 3.63) is 50.8 Å². The van der Waals surface area contributed by atoms with Crippen LogP contribution in [0.2, 0.25) is 0 Å². The zero-order valence-corrected chi connectivity index (χ0v) is 12.7. The fraction of sp³-hybridized carbons (Fsp3) is 0.0833. The summed E-state index contributed by atoms with van der Waals surface area (Å²) in [5.74, 6) is -1.36. The minimum Gasteiger partial charge on any atom is -0.438 e. The van der Waals surface area contributed by atoms with E-state index in [4.69, 9.17) is 4.74 Å². The lowest BCUT2D eigenvalue weighted by Crippen LogP contribution is -2.08. The first-order valence-electron chi connectivity index (χ1n) is 5.13. The molecule has 106 valence electrons. The van der Waals surface area contributed by atoms with Gasteiger partial charge in [-0.05, 0) is 50.1 Å². The molecule has 1 heterocycles. The summed E-state index contributed by atoms with van der Waals surface area (Å²) in [5.41, 5.74) is -1.05. The van der Waals surface area contributed by atoms with Gasteiger partial charge in [-0.25, -0.2) is 9.37 Å². The third-order valence-electron chi connectivity index (χ3n) is 2.23. The molecule has 2 nitrogen and oxygen atoms in total. The predicted molar refractivity (Wildman–Crippen MR) is 71.1 cm³/mol. The molecule has 0 aliphatic heterocycles. The van der Waals surface area contributed by atoms with Gasteiger partial charge in [0.05, 0.1) is 4.47 Å². The molecule has 0 N–H and O–H groups in total. The number of alkyl halides is 3. The molecule has 0 aliphatic rings. The van der Waals surface area contributed by atoms with Gasteiger partial charge < -0.3 is 4.74 Å². The lowest BCUT2D eigenvalue weighted by atomic mass is 10.2. The lowest BCUT2D eigenvalue weighted by Gasteiger charge is -2.13. The van der Waals surface area contributed by atoms with E-state index in [9.17, 15) is 17.6 Å². The Balaban J connectivity index is 2.40. The van der Waals surface area contributed by atoms with Crippen molar-refractivity contribution in [2.24, 2.45) is 0 Å². The maximum absolute atomic E-state index is 13.3. The summed E-state index contributed by atoms with van der Waals surface area (Å²) >= 11 is 5.85. The molecule has 1 aromatic carbocycles. The number of ether oxygens (including phenoxy) is 1. The van der Waals surface area contributed by atoms with Crippen molar-refractivity contribution in [2.75, 3.05) is 0 Å². The number of nitrogens with zero attached hydrogens (tertiary/aromatic N) is 1. The number of aromatic nitrogens is 1. The third kappa shape index (κ3) is 3.49. The van der Waals surface area contributed by atoms with Crippen LogP contribution in [0.5, 0.6) is 11.6 Å². The molecule has 0 fully saturated rings. The smallest absolute Gasteiger partial charge is 0.421 e. The van der Waals surface area contributed by atoms with E-state index in [-0.39, 0.29) is 14.7 Å². The standard InChI is InChI=1S/C12H5Br2F4NO/c13-6-3-8(12(16,17)18)11(19-5-6)20-7-1-2-9(14)10(15)4-7/h1-5H. The second kappa shape index (κ2) is 5.69. The van der Waals surface area contributed by atoms with Gasteiger partial charge in [-0.1, -0.05) is 0 Å². The van der Waals surface area contributed by atoms with Crippen molar-refractivity contribution in [2.45, 2.75) is 6.18 Å². The Morgan fingerprint density at radius 3 is 2.40 bits per heavy atom. The van der Waals surface area contributed by atoms with Crippen molar-refractivity contribution < 1.29 is 22.3 Å². The van der Waals surface area contributed by atoms with Gasteiger partial charge in [0, 0.05) is 16.7 Å². The molecule has 0 spiro atoms. The van der Waals surface area contributed by atoms with Gasteiger partial charge in [0.25, 0.3) is 0 Å². The van der Waals surface area contributed by atoms with E-state index < -0.39 is 23.4 Å². The maximum atomic E-state index is 13.3. The van der Waals surface area contributed by atoms with Gasteiger partial charge >= 0.3 is 6.18 Å². The fourth-order valence-electron chi connectivity index (χ4n) is 1.36. The van der Waals surface area contributed by atoms with Crippen LogP contribution in [0.3, 0.4) is 0 Å². The van der Waals surface area contributed by atoms with Gasteiger partial charge in [-0.15, -0.1) is 0 Å². The summed E-state index contributed by atoms with van der Waals surface area (Å²) in [7, 11) is 0. The molecular formula is C12H5Br2F4NO. The number of hydrogen-bond acceptors (Lipinski definition) is 2. The highest BCUT2D eigenvalue weighted by Gasteiger charge is 2.35. The highest BCUT2D eigenvalue weighted by Crippen LogP contribution is 2.38. The van der Waals surface area contributed by atoms with Crippen LogP contribution in [0.15, 0.2) is 39.4 Å². The van der Waals surface area contributed by atoms with Gasteiger partial charge in [0.2, 0.25) is 5.88 Å². The summed E-state index contributed by atoms with van der Waals surface area (Å²) in [6.45, 7) is 0. The molecular weight excluding hydrogens is 410 g/mol. The SMILES string of the molecule is Fc1cc(Oc2ncc(Br)cc2C(F)(F)F)ccc1Br. The molecule has 0 saturated heterocycles. The quantitative estimate of drug-likeness (QED) is 0.600. The number of hydrogen-bond donors (Lipinski definition) is 0. The van der Waals surface area contributed by atoms with Crippen LogP contribution in [-0.4, -0.2) is 4.98 Å². The molecule has 1 aromatic heterocycles. The van der Waals surface area contributed by atoms with Crippen LogP contribution < -0.4 is 4.74 Å². The Morgan fingerprint density at radius 2 is 1.80 bits per heavy atom. The molecule has 0 saturated carbocycles. The van der Waals surface area contributed by atoms with E-state index in [0.29, 0.717) is 0 Å². The van der Waals surface area contributed by atoms with E-state index in [1.807, 2.05) is 0 Å². The molecule has 8 heteroatoms. The highest BCUT2D eigenvalue weighted by atomic mass is 79.9. The maximum Gasteiger partial charge on any atom is 0.421 e. The first-order chi connectivity index (χ1) is 9.27. The molecule has 2 aromatic rings. The average molecular weight is 415 g/mol. The number of halogens is 6. The zero-order chi connectivity index (χ0) is 14.9. The summed E-state index contributed by atoms with van der Waals surface area (Å²) < 4.78 is 57.2. The van der Waals surface area contributed by atoms with E-state index in [0.717, 1.165) is 12.1 Å². The monoisotopic (exact) mass is 413 g/mol. The Bertz CT molecular complexity index is 646. The minimum atomic E-state index is -4.62. The lowest BCUT2D eigenvalue weighted by molar-refractivity contribution is -0.138.